The number of aromatic amines is 1. The van der Waals surface area contributed by atoms with Gasteiger partial charge >= 0.3 is 0 Å². The van der Waals surface area contributed by atoms with Gasteiger partial charge in [0.15, 0.2) is 0 Å². The number of nitrogens with zero attached hydrogens (tertiary/aromatic N) is 4. The van der Waals surface area contributed by atoms with E-state index in [2.05, 4.69) is 25.3 Å². The van der Waals surface area contributed by atoms with Crippen LogP contribution in [0.5, 0.6) is 11.5 Å². The minimum absolute atomic E-state index is 0.199. The molecule has 0 spiro atoms. The number of anilines is 1. The van der Waals surface area contributed by atoms with E-state index in [-0.39, 0.29) is 24.2 Å². The number of amides is 1. The van der Waals surface area contributed by atoms with Crippen molar-refractivity contribution in [1.82, 2.24) is 24.8 Å². The molecule has 3 heterocycles. The van der Waals surface area contributed by atoms with Gasteiger partial charge in [-0.3, -0.25) is 10.1 Å². The molecule has 8 nitrogen and oxygen atoms in total. The van der Waals surface area contributed by atoms with Crippen molar-refractivity contribution in [3.8, 4) is 22.8 Å². The standard InChI is InChI=1S/C21H19FN6O2/c1-28(2)12-18(29)27-21-24-8-6-16(26-21)15-11-25-20-19(15)17(7-9-23-20)30-14-5-3-4-13(22)10-14/h3-11H,12H2,1-2H3,(H,23,25)(H,24,26,27,29). The lowest BCUT2D eigenvalue weighted by Gasteiger charge is -2.10. The first-order chi connectivity index (χ1) is 14.5. The monoisotopic (exact) mass is 406 g/mol. The fraction of sp³-hybridized carbons (Fsp3) is 0.143. The van der Waals surface area contributed by atoms with E-state index in [0.717, 1.165) is 5.56 Å². The maximum atomic E-state index is 13.5. The predicted octanol–water partition coefficient (Wildman–Crippen LogP) is 3.45. The molecule has 4 rings (SSSR count). The number of carbonyl (C=O) groups is 1. The number of pyridine rings is 1. The molecule has 3 aromatic heterocycles. The number of hydrogen-bond acceptors (Lipinski definition) is 6. The highest BCUT2D eigenvalue weighted by atomic mass is 19.1. The Morgan fingerprint density at radius 1 is 1.20 bits per heavy atom. The number of H-pyrrole nitrogens is 1. The summed E-state index contributed by atoms with van der Waals surface area (Å²) in [5, 5.41) is 3.37. The van der Waals surface area contributed by atoms with Crippen LogP contribution >= 0.6 is 0 Å². The van der Waals surface area contributed by atoms with E-state index in [4.69, 9.17) is 4.74 Å². The lowest BCUT2D eigenvalue weighted by molar-refractivity contribution is -0.116. The third-order valence-electron chi connectivity index (χ3n) is 4.20. The van der Waals surface area contributed by atoms with Crippen molar-refractivity contribution in [2.75, 3.05) is 26.0 Å². The Labute approximate surface area is 171 Å². The SMILES string of the molecule is CN(C)CC(=O)Nc1nccc(-c2c[nH]c3nccc(Oc4cccc(F)c4)c23)n1. The first-order valence-electron chi connectivity index (χ1n) is 9.17. The predicted molar refractivity (Wildman–Crippen MR) is 111 cm³/mol. The second-order valence-electron chi connectivity index (χ2n) is 6.85. The third-order valence-corrected chi connectivity index (χ3v) is 4.20. The van der Waals surface area contributed by atoms with Crippen LogP contribution in [0.4, 0.5) is 10.3 Å². The highest BCUT2D eigenvalue weighted by Crippen LogP contribution is 2.36. The van der Waals surface area contributed by atoms with Crippen molar-refractivity contribution < 1.29 is 13.9 Å². The molecular weight excluding hydrogens is 387 g/mol. The fourth-order valence-corrected chi connectivity index (χ4v) is 2.99. The summed E-state index contributed by atoms with van der Waals surface area (Å²) in [5.41, 5.74) is 1.89. The van der Waals surface area contributed by atoms with Gasteiger partial charge in [0.1, 0.15) is 23.0 Å². The molecule has 0 fully saturated rings. The highest BCUT2D eigenvalue weighted by Gasteiger charge is 2.15. The first-order valence-corrected chi connectivity index (χ1v) is 9.17. The summed E-state index contributed by atoms with van der Waals surface area (Å²) in [5.74, 6) is 0.465. The maximum Gasteiger partial charge on any atom is 0.240 e. The van der Waals surface area contributed by atoms with Gasteiger partial charge in [-0.05, 0) is 38.4 Å². The smallest absolute Gasteiger partial charge is 0.240 e. The van der Waals surface area contributed by atoms with Gasteiger partial charge in [-0.2, -0.15) is 0 Å². The van der Waals surface area contributed by atoms with Gasteiger partial charge in [-0.15, -0.1) is 0 Å². The van der Waals surface area contributed by atoms with Crippen molar-refractivity contribution in [1.29, 1.82) is 0 Å². The number of hydrogen-bond donors (Lipinski definition) is 2. The molecule has 1 aromatic carbocycles. The van der Waals surface area contributed by atoms with E-state index in [9.17, 15) is 9.18 Å². The average Bonchev–Trinajstić information content (AvgIpc) is 3.13. The number of aromatic nitrogens is 4. The number of benzene rings is 1. The van der Waals surface area contributed by atoms with Gasteiger partial charge in [0, 0.05) is 30.2 Å². The Balaban J connectivity index is 1.70. The zero-order valence-electron chi connectivity index (χ0n) is 16.4. The normalized spacial score (nSPS) is 11.1. The van der Waals surface area contributed by atoms with Crippen molar-refractivity contribution in [2.24, 2.45) is 0 Å². The topological polar surface area (TPSA) is 96.0 Å². The summed E-state index contributed by atoms with van der Waals surface area (Å²) in [7, 11) is 3.60. The largest absolute Gasteiger partial charge is 0.456 e. The highest BCUT2D eigenvalue weighted by molar-refractivity contribution is 5.97. The second kappa shape index (κ2) is 8.26. The third kappa shape index (κ3) is 4.26. The van der Waals surface area contributed by atoms with E-state index in [0.29, 0.717) is 28.2 Å². The summed E-state index contributed by atoms with van der Waals surface area (Å²) in [6, 6.07) is 9.33. The number of halogens is 1. The summed E-state index contributed by atoms with van der Waals surface area (Å²) in [6.07, 6.45) is 4.92. The fourth-order valence-electron chi connectivity index (χ4n) is 2.99. The van der Waals surface area contributed by atoms with Crippen LogP contribution in [0.3, 0.4) is 0 Å². The van der Waals surface area contributed by atoms with Gasteiger partial charge < -0.3 is 14.6 Å². The van der Waals surface area contributed by atoms with Crippen molar-refractivity contribution in [3.05, 3.63) is 60.8 Å². The van der Waals surface area contributed by atoms with Gasteiger partial charge in [-0.25, -0.2) is 19.3 Å². The zero-order valence-corrected chi connectivity index (χ0v) is 16.4. The molecule has 0 saturated carbocycles. The van der Waals surface area contributed by atoms with Crippen LogP contribution in [0.15, 0.2) is 55.0 Å². The Morgan fingerprint density at radius 3 is 2.83 bits per heavy atom. The van der Waals surface area contributed by atoms with Gasteiger partial charge in [0.2, 0.25) is 11.9 Å². The van der Waals surface area contributed by atoms with E-state index in [1.807, 2.05) is 0 Å². The number of ether oxygens (including phenoxy) is 1. The van der Waals surface area contributed by atoms with Crippen LogP contribution in [-0.4, -0.2) is 51.4 Å². The summed E-state index contributed by atoms with van der Waals surface area (Å²) in [4.78, 5) is 29.7. The Morgan fingerprint density at radius 2 is 2.03 bits per heavy atom. The molecule has 152 valence electrons. The molecule has 1 amide bonds. The molecule has 0 aliphatic carbocycles. The van der Waals surface area contributed by atoms with Crippen molar-refractivity contribution >= 4 is 22.9 Å². The van der Waals surface area contributed by atoms with Gasteiger partial charge in [0.25, 0.3) is 0 Å². The van der Waals surface area contributed by atoms with E-state index in [1.54, 1.807) is 61.9 Å². The molecule has 2 N–H and O–H groups in total. The Bertz CT molecular complexity index is 1210. The number of carbonyl (C=O) groups excluding carboxylic acids is 1. The van der Waals surface area contributed by atoms with Crippen molar-refractivity contribution in [3.63, 3.8) is 0 Å². The van der Waals surface area contributed by atoms with Crippen LogP contribution in [-0.2, 0) is 4.79 Å². The number of nitrogens with one attached hydrogen (secondary N) is 2. The van der Waals surface area contributed by atoms with Crippen LogP contribution < -0.4 is 10.1 Å². The van der Waals surface area contributed by atoms with Crippen LogP contribution in [0.1, 0.15) is 0 Å². The summed E-state index contributed by atoms with van der Waals surface area (Å²) >= 11 is 0. The molecular formula is C21H19FN6O2. The Hall–Kier alpha value is -3.85. The van der Waals surface area contributed by atoms with Gasteiger partial charge in [0.05, 0.1) is 17.6 Å². The molecule has 0 saturated heterocycles. The average molecular weight is 406 g/mol. The second-order valence-corrected chi connectivity index (χ2v) is 6.85. The van der Waals surface area contributed by atoms with E-state index >= 15 is 0 Å². The van der Waals surface area contributed by atoms with Crippen LogP contribution in [0, 0.1) is 5.82 Å². The minimum atomic E-state index is -0.388. The molecule has 9 heteroatoms. The number of likely N-dealkylation sites (N-methyl/N-ethyl adjacent to an activating group) is 1. The molecule has 0 bridgehead atoms. The summed E-state index contributed by atoms with van der Waals surface area (Å²) in [6.45, 7) is 0.218. The molecule has 0 radical (unpaired) electrons. The zero-order chi connectivity index (χ0) is 21.1. The van der Waals surface area contributed by atoms with Crippen LogP contribution in [0.25, 0.3) is 22.3 Å². The van der Waals surface area contributed by atoms with Crippen molar-refractivity contribution in [2.45, 2.75) is 0 Å². The molecule has 0 atom stereocenters. The molecule has 0 aliphatic heterocycles. The minimum Gasteiger partial charge on any atom is -0.456 e. The molecule has 4 aromatic rings. The molecule has 0 aliphatic rings. The van der Waals surface area contributed by atoms with Gasteiger partial charge in [-0.1, -0.05) is 6.07 Å². The van der Waals surface area contributed by atoms with Crippen LogP contribution in [0.2, 0.25) is 0 Å². The van der Waals surface area contributed by atoms with E-state index < -0.39 is 0 Å². The number of fused-ring (bicyclic) bond motifs is 1. The lowest BCUT2D eigenvalue weighted by Crippen LogP contribution is -2.27. The molecule has 0 unspecified atom stereocenters. The number of rotatable bonds is 6. The Kier molecular flexibility index (Phi) is 5.36. The molecule has 30 heavy (non-hydrogen) atoms. The maximum absolute atomic E-state index is 13.5. The van der Waals surface area contributed by atoms with E-state index in [1.165, 1.54) is 12.1 Å². The quantitative estimate of drug-likeness (QED) is 0.509. The first kappa shape index (κ1) is 19.5. The lowest BCUT2D eigenvalue weighted by atomic mass is 10.1. The summed E-state index contributed by atoms with van der Waals surface area (Å²) < 4.78 is 19.5.